The highest BCUT2D eigenvalue weighted by atomic mass is 32.2. The van der Waals surface area contributed by atoms with Crippen molar-refractivity contribution in [2.75, 3.05) is 10.7 Å². The Kier molecular flexibility index (Phi) is 9.66. The number of halogens is 4. The van der Waals surface area contributed by atoms with Crippen molar-refractivity contribution in [3.63, 3.8) is 0 Å². The zero-order chi connectivity index (χ0) is 32.1. The molecular weight excluding hydrogens is 610 g/mol. The maximum atomic E-state index is 13.9. The monoisotopic (exact) mass is 639 g/mol. The summed E-state index contributed by atoms with van der Waals surface area (Å²) in [6, 6.07) is 17.3. The largest absolute Gasteiger partial charge is 0.573 e. The van der Waals surface area contributed by atoms with Gasteiger partial charge < -0.3 is 4.74 Å². The molecule has 0 N–H and O–H groups in total. The number of anilines is 1. The zero-order valence-corrected chi connectivity index (χ0v) is 25.2. The van der Waals surface area contributed by atoms with Gasteiger partial charge in [0, 0.05) is 12.0 Å². The predicted octanol–water partition coefficient (Wildman–Crippen LogP) is 7.47. The highest BCUT2D eigenvalue weighted by Crippen LogP contribution is 2.34. The number of rotatable bonds is 10. The van der Waals surface area contributed by atoms with Gasteiger partial charge in [-0.1, -0.05) is 49.9 Å². The molecule has 5 rings (SSSR count). The van der Waals surface area contributed by atoms with Crippen LogP contribution in [-0.4, -0.2) is 43.9 Å². The number of thioether (sulfide) groups is 1. The average Bonchev–Trinajstić information content (AvgIpc) is 3.62. The highest BCUT2D eigenvalue weighted by Gasteiger charge is 2.33. The lowest BCUT2D eigenvalue weighted by atomic mass is 10.0. The average molecular weight is 640 g/mol. The minimum atomic E-state index is -4.76. The summed E-state index contributed by atoms with van der Waals surface area (Å²) in [6.07, 6.45) is -0.943. The van der Waals surface area contributed by atoms with Crippen molar-refractivity contribution in [1.29, 1.82) is 0 Å². The van der Waals surface area contributed by atoms with Gasteiger partial charge in [0.05, 0.1) is 17.1 Å². The number of amides is 2. The predicted molar refractivity (Wildman–Crippen MR) is 164 cm³/mol. The third-order valence-electron chi connectivity index (χ3n) is 6.98. The number of aromatic nitrogens is 3. The number of nitrogens with zero attached hydrogens (tertiary/aromatic N) is 5. The lowest BCUT2D eigenvalue weighted by molar-refractivity contribution is -0.274. The minimum Gasteiger partial charge on any atom is -0.406 e. The van der Waals surface area contributed by atoms with E-state index in [1.165, 1.54) is 64.1 Å². The number of carbonyl (C=O) groups is 2. The maximum absolute atomic E-state index is 13.9. The third kappa shape index (κ3) is 8.15. The summed E-state index contributed by atoms with van der Waals surface area (Å²) >= 11 is 1.20. The fourth-order valence-corrected chi connectivity index (χ4v) is 5.66. The first kappa shape index (κ1) is 31.9. The van der Waals surface area contributed by atoms with Gasteiger partial charge in [-0.3, -0.25) is 14.5 Å². The molecular formula is C32H29F4N5O3S. The quantitative estimate of drug-likeness (QED) is 0.132. The topological polar surface area (TPSA) is 89.7 Å². The fourth-order valence-electron chi connectivity index (χ4n) is 4.78. The van der Waals surface area contributed by atoms with Crippen LogP contribution in [0.15, 0.2) is 78.0 Å². The molecule has 1 fully saturated rings. The number of unbranched alkanes of at least 4 members (excludes halogenated alkanes) is 1. The first-order chi connectivity index (χ1) is 21.5. The molecule has 1 aromatic heterocycles. The molecule has 1 aliphatic rings. The first-order valence-electron chi connectivity index (χ1n) is 14.2. The molecule has 3 aromatic carbocycles. The van der Waals surface area contributed by atoms with Gasteiger partial charge in [-0.15, -0.1) is 18.3 Å². The number of hydrogen-bond acceptors (Lipinski definition) is 6. The van der Waals surface area contributed by atoms with E-state index in [0.29, 0.717) is 34.4 Å². The Labute approximate surface area is 261 Å². The molecule has 0 radical (unpaired) electrons. The van der Waals surface area contributed by atoms with Gasteiger partial charge in [-0.2, -0.15) is 4.99 Å². The van der Waals surface area contributed by atoms with Crippen LogP contribution in [0, 0.1) is 5.82 Å². The van der Waals surface area contributed by atoms with Crippen LogP contribution in [0.3, 0.4) is 0 Å². The Morgan fingerprint density at radius 3 is 2.47 bits per heavy atom. The van der Waals surface area contributed by atoms with Crippen LogP contribution in [0.2, 0.25) is 0 Å². The summed E-state index contributed by atoms with van der Waals surface area (Å²) in [7, 11) is 0. The molecule has 1 saturated heterocycles. The van der Waals surface area contributed by atoms with Crippen molar-refractivity contribution in [3.8, 4) is 22.8 Å². The van der Waals surface area contributed by atoms with Crippen LogP contribution in [-0.2, 0) is 16.0 Å². The number of carbonyl (C=O) groups excluding carboxylic acids is 2. The van der Waals surface area contributed by atoms with Crippen molar-refractivity contribution in [2.24, 2.45) is 4.99 Å². The van der Waals surface area contributed by atoms with Gasteiger partial charge >= 0.3 is 6.36 Å². The van der Waals surface area contributed by atoms with E-state index in [4.69, 9.17) is 0 Å². The van der Waals surface area contributed by atoms with Crippen LogP contribution in [0.4, 0.5) is 23.2 Å². The molecule has 234 valence electrons. The van der Waals surface area contributed by atoms with Crippen molar-refractivity contribution in [2.45, 2.75) is 51.8 Å². The molecule has 13 heteroatoms. The van der Waals surface area contributed by atoms with E-state index in [2.05, 4.69) is 19.8 Å². The molecule has 0 atom stereocenters. The molecule has 45 heavy (non-hydrogen) atoms. The number of aliphatic imine (C=N–C) groups is 1. The van der Waals surface area contributed by atoms with E-state index in [1.807, 2.05) is 38.1 Å². The summed E-state index contributed by atoms with van der Waals surface area (Å²) in [5.74, 6) is -0.614. The van der Waals surface area contributed by atoms with E-state index < -0.39 is 6.36 Å². The summed E-state index contributed by atoms with van der Waals surface area (Å²) in [5, 5.41) is 4.73. The molecule has 0 spiro atoms. The summed E-state index contributed by atoms with van der Waals surface area (Å²) in [6.45, 7) is 3.83. The van der Waals surface area contributed by atoms with Gasteiger partial charge in [0.25, 0.3) is 0 Å². The molecule has 4 aromatic rings. The number of aryl methyl sites for hydroxylation is 1. The smallest absolute Gasteiger partial charge is 0.406 e. The second-order valence-corrected chi connectivity index (χ2v) is 11.6. The SMILES string of the molecule is CC(C)c1cc(F)ccc1N1C(=O)CSC1=NC(=O)CCCCc1ccc(-c2ncn(-c3ccc(OC(F)(F)F)cc3)n2)cc1. The second-order valence-electron chi connectivity index (χ2n) is 10.6. The van der Waals surface area contributed by atoms with Gasteiger partial charge in [-0.25, -0.2) is 14.1 Å². The Hall–Kier alpha value is -4.52. The molecule has 0 unspecified atom stereocenters. The van der Waals surface area contributed by atoms with Crippen molar-refractivity contribution < 1.29 is 31.9 Å². The number of benzene rings is 3. The number of ether oxygens (including phenoxy) is 1. The van der Waals surface area contributed by atoms with Crippen LogP contribution in [0.1, 0.15) is 50.2 Å². The maximum Gasteiger partial charge on any atom is 0.573 e. The Morgan fingerprint density at radius 1 is 1.04 bits per heavy atom. The standard InChI is InChI=1S/C32H29F4N5O3S/c1-20(2)26-17-23(33)11-16-27(26)41-29(43)18-45-31(41)38-28(42)6-4-3-5-21-7-9-22(10-8-21)30-37-19-40(39-30)24-12-14-25(15-13-24)44-32(34,35)36/h7-17,19-20H,3-6,18H2,1-2H3. The van der Waals surface area contributed by atoms with Crippen LogP contribution >= 0.6 is 11.8 Å². The Bertz CT molecular complexity index is 1700. The molecule has 2 amide bonds. The van der Waals surface area contributed by atoms with Crippen molar-refractivity contribution in [3.05, 3.63) is 90.0 Å². The lowest BCUT2D eigenvalue weighted by Gasteiger charge is -2.21. The molecule has 0 saturated carbocycles. The van der Waals surface area contributed by atoms with E-state index in [9.17, 15) is 27.2 Å². The summed E-state index contributed by atoms with van der Waals surface area (Å²) < 4.78 is 56.4. The van der Waals surface area contributed by atoms with Gasteiger partial charge in [0.15, 0.2) is 11.0 Å². The minimum absolute atomic E-state index is 0.0232. The van der Waals surface area contributed by atoms with Crippen LogP contribution < -0.4 is 9.64 Å². The highest BCUT2D eigenvalue weighted by molar-refractivity contribution is 8.15. The van der Waals surface area contributed by atoms with Crippen molar-refractivity contribution >= 4 is 34.4 Å². The Morgan fingerprint density at radius 2 is 1.78 bits per heavy atom. The normalized spacial score (nSPS) is 14.5. The fraction of sp³-hybridized carbons (Fsp3) is 0.281. The molecule has 1 aliphatic heterocycles. The van der Waals surface area contributed by atoms with E-state index in [-0.39, 0.29) is 41.5 Å². The molecule has 2 heterocycles. The number of hydrogen-bond donors (Lipinski definition) is 0. The third-order valence-corrected chi connectivity index (χ3v) is 7.91. The van der Waals surface area contributed by atoms with E-state index >= 15 is 0 Å². The van der Waals surface area contributed by atoms with Gasteiger partial charge in [0.2, 0.25) is 11.8 Å². The second kappa shape index (κ2) is 13.6. The Balaban J connectivity index is 1.13. The van der Waals surface area contributed by atoms with Gasteiger partial charge in [0.1, 0.15) is 17.9 Å². The zero-order valence-electron chi connectivity index (χ0n) is 24.4. The molecule has 8 nitrogen and oxygen atoms in total. The van der Waals surface area contributed by atoms with Gasteiger partial charge in [-0.05, 0) is 78.8 Å². The van der Waals surface area contributed by atoms with Crippen LogP contribution in [0.5, 0.6) is 5.75 Å². The van der Waals surface area contributed by atoms with Crippen LogP contribution in [0.25, 0.3) is 17.1 Å². The van der Waals surface area contributed by atoms with E-state index in [0.717, 1.165) is 24.0 Å². The molecule has 0 aliphatic carbocycles. The summed E-state index contributed by atoms with van der Waals surface area (Å²) in [4.78, 5) is 35.3. The van der Waals surface area contributed by atoms with E-state index in [1.54, 1.807) is 6.07 Å². The van der Waals surface area contributed by atoms with Crippen molar-refractivity contribution in [1.82, 2.24) is 14.8 Å². The molecule has 0 bridgehead atoms. The number of amidine groups is 1. The first-order valence-corrected chi connectivity index (χ1v) is 15.2. The lowest BCUT2D eigenvalue weighted by Crippen LogP contribution is -2.31. The number of alkyl halides is 3. The summed E-state index contributed by atoms with van der Waals surface area (Å²) in [5.41, 5.74) is 3.59.